The standard InChI is InChI=1S/C13H13BrCl2N2O/c1-8-11(13(16)18(2)17-8)7-19-12-4-3-10(15)5-9(12)6-14/h3-5H,6-7H2,1-2H3. The molecule has 0 amide bonds. The zero-order chi connectivity index (χ0) is 14.0. The van der Waals surface area contributed by atoms with Gasteiger partial charge in [0.15, 0.2) is 0 Å². The van der Waals surface area contributed by atoms with Crippen LogP contribution in [-0.2, 0) is 19.0 Å². The minimum Gasteiger partial charge on any atom is -0.488 e. The second-order valence-corrected chi connectivity index (χ2v) is 5.51. The van der Waals surface area contributed by atoms with Crippen LogP contribution in [0, 0.1) is 6.92 Å². The third-order valence-electron chi connectivity index (χ3n) is 2.81. The van der Waals surface area contributed by atoms with E-state index in [1.165, 1.54) is 0 Å². The molecule has 1 aromatic heterocycles. The predicted octanol–water partition coefficient (Wildman–Crippen LogP) is 4.51. The molecule has 3 nitrogen and oxygen atoms in total. The summed E-state index contributed by atoms with van der Waals surface area (Å²) in [6.45, 7) is 2.30. The van der Waals surface area contributed by atoms with Crippen LogP contribution in [-0.4, -0.2) is 9.78 Å². The lowest BCUT2D eigenvalue weighted by Gasteiger charge is -2.10. The number of alkyl halides is 1. The van der Waals surface area contributed by atoms with Gasteiger partial charge >= 0.3 is 0 Å². The average molecular weight is 364 g/mol. The summed E-state index contributed by atoms with van der Waals surface area (Å²) >= 11 is 15.5. The number of rotatable bonds is 4. The van der Waals surface area contributed by atoms with Gasteiger partial charge in [0.2, 0.25) is 0 Å². The second kappa shape index (κ2) is 6.16. The van der Waals surface area contributed by atoms with Crippen molar-refractivity contribution < 1.29 is 4.74 Å². The summed E-state index contributed by atoms with van der Waals surface area (Å²) in [6, 6.07) is 5.54. The monoisotopic (exact) mass is 362 g/mol. The number of aromatic nitrogens is 2. The van der Waals surface area contributed by atoms with Crippen molar-refractivity contribution in [3.63, 3.8) is 0 Å². The van der Waals surface area contributed by atoms with Gasteiger partial charge in [-0.15, -0.1) is 0 Å². The van der Waals surface area contributed by atoms with E-state index in [4.69, 9.17) is 27.9 Å². The fraction of sp³-hybridized carbons (Fsp3) is 0.308. The molecule has 0 saturated carbocycles. The highest BCUT2D eigenvalue weighted by Crippen LogP contribution is 2.27. The first-order valence-corrected chi connectivity index (χ1v) is 7.55. The van der Waals surface area contributed by atoms with Gasteiger partial charge in [-0.3, -0.25) is 4.68 Å². The first-order valence-electron chi connectivity index (χ1n) is 5.68. The Labute approximate surface area is 130 Å². The van der Waals surface area contributed by atoms with Crippen LogP contribution in [0.5, 0.6) is 5.75 Å². The summed E-state index contributed by atoms with van der Waals surface area (Å²) in [5, 5.41) is 6.23. The van der Waals surface area contributed by atoms with Gasteiger partial charge in [0.25, 0.3) is 0 Å². The van der Waals surface area contributed by atoms with Crippen LogP contribution in [0.1, 0.15) is 16.8 Å². The van der Waals surface area contributed by atoms with E-state index in [0.717, 1.165) is 22.6 Å². The maximum Gasteiger partial charge on any atom is 0.133 e. The molecule has 1 heterocycles. The van der Waals surface area contributed by atoms with Gasteiger partial charge in [-0.1, -0.05) is 39.1 Å². The summed E-state index contributed by atoms with van der Waals surface area (Å²) in [5.74, 6) is 0.792. The van der Waals surface area contributed by atoms with E-state index < -0.39 is 0 Å². The molecule has 0 aliphatic carbocycles. The molecule has 1 aromatic carbocycles. The fourth-order valence-corrected chi connectivity index (χ4v) is 2.64. The van der Waals surface area contributed by atoms with Gasteiger partial charge in [-0.25, -0.2) is 0 Å². The van der Waals surface area contributed by atoms with Crippen LogP contribution in [0.3, 0.4) is 0 Å². The number of nitrogens with zero attached hydrogens (tertiary/aromatic N) is 2. The highest BCUT2D eigenvalue weighted by Gasteiger charge is 2.12. The third-order valence-corrected chi connectivity index (χ3v) is 4.12. The van der Waals surface area contributed by atoms with Gasteiger partial charge in [-0.2, -0.15) is 5.10 Å². The Balaban J connectivity index is 2.19. The summed E-state index contributed by atoms with van der Waals surface area (Å²) in [5.41, 5.74) is 2.78. The molecule has 0 fully saturated rings. The van der Waals surface area contributed by atoms with Gasteiger partial charge in [0, 0.05) is 28.5 Å². The third kappa shape index (κ3) is 3.25. The van der Waals surface area contributed by atoms with Crippen molar-refractivity contribution >= 4 is 39.1 Å². The molecule has 2 rings (SSSR count). The molecule has 0 N–H and O–H groups in total. The summed E-state index contributed by atoms with van der Waals surface area (Å²) in [6.07, 6.45) is 0. The lowest BCUT2D eigenvalue weighted by atomic mass is 10.2. The first-order chi connectivity index (χ1) is 9.02. The molecular formula is C13H13BrCl2N2O. The zero-order valence-corrected chi connectivity index (χ0v) is 13.7. The van der Waals surface area contributed by atoms with Crippen LogP contribution in [0.2, 0.25) is 10.2 Å². The van der Waals surface area contributed by atoms with Crippen LogP contribution in [0.15, 0.2) is 18.2 Å². The normalized spacial score (nSPS) is 10.8. The molecule has 0 aliphatic rings. The van der Waals surface area contributed by atoms with E-state index in [2.05, 4.69) is 21.0 Å². The van der Waals surface area contributed by atoms with Crippen molar-refractivity contribution in [2.45, 2.75) is 18.9 Å². The molecular weight excluding hydrogens is 351 g/mol. The van der Waals surface area contributed by atoms with Crippen molar-refractivity contribution in [1.29, 1.82) is 0 Å². The second-order valence-electron chi connectivity index (χ2n) is 4.15. The lowest BCUT2D eigenvalue weighted by molar-refractivity contribution is 0.303. The van der Waals surface area contributed by atoms with Crippen LogP contribution >= 0.6 is 39.1 Å². The maximum absolute atomic E-state index is 6.17. The molecule has 2 aromatic rings. The van der Waals surface area contributed by atoms with E-state index >= 15 is 0 Å². The Kier molecular flexibility index (Phi) is 4.76. The molecule has 0 unspecified atom stereocenters. The zero-order valence-electron chi connectivity index (χ0n) is 10.6. The summed E-state index contributed by atoms with van der Waals surface area (Å²) in [7, 11) is 1.81. The molecule has 0 bridgehead atoms. The summed E-state index contributed by atoms with van der Waals surface area (Å²) < 4.78 is 7.46. The quantitative estimate of drug-likeness (QED) is 0.747. The summed E-state index contributed by atoms with van der Waals surface area (Å²) in [4.78, 5) is 0. The van der Waals surface area contributed by atoms with Gasteiger partial charge in [0.1, 0.15) is 17.5 Å². The van der Waals surface area contributed by atoms with E-state index in [1.54, 1.807) is 10.7 Å². The SMILES string of the molecule is Cc1nn(C)c(Cl)c1COc1ccc(Cl)cc1CBr. The lowest BCUT2D eigenvalue weighted by Crippen LogP contribution is -1.99. The number of aryl methyl sites for hydroxylation is 2. The molecule has 19 heavy (non-hydrogen) atoms. The molecule has 6 heteroatoms. The molecule has 102 valence electrons. The minimum atomic E-state index is 0.389. The van der Waals surface area contributed by atoms with Gasteiger partial charge in [0.05, 0.1) is 5.69 Å². The molecule has 0 spiro atoms. The van der Waals surface area contributed by atoms with E-state index in [9.17, 15) is 0 Å². The highest BCUT2D eigenvalue weighted by molar-refractivity contribution is 9.08. The largest absolute Gasteiger partial charge is 0.488 e. The Bertz CT molecular complexity index is 599. The predicted molar refractivity (Wildman–Crippen MR) is 81.4 cm³/mol. The Morgan fingerprint density at radius 2 is 2.11 bits per heavy atom. The van der Waals surface area contributed by atoms with Gasteiger partial charge < -0.3 is 4.74 Å². The van der Waals surface area contributed by atoms with E-state index in [1.807, 2.05) is 26.1 Å². The van der Waals surface area contributed by atoms with Crippen LogP contribution in [0.4, 0.5) is 0 Å². The number of ether oxygens (including phenoxy) is 1. The molecule has 0 radical (unpaired) electrons. The average Bonchev–Trinajstić information content (AvgIpc) is 2.62. The number of benzene rings is 1. The molecule has 0 saturated heterocycles. The van der Waals surface area contributed by atoms with Crippen LogP contribution < -0.4 is 4.74 Å². The number of hydrogen-bond donors (Lipinski definition) is 0. The van der Waals surface area contributed by atoms with Crippen molar-refractivity contribution in [2.24, 2.45) is 7.05 Å². The van der Waals surface area contributed by atoms with Crippen LogP contribution in [0.25, 0.3) is 0 Å². The van der Waals surface area contributed by atoms with Crippen molar-refractivity contribution in [3.05, 3.63) is 45.2 Å². The van der Waals surface area contributed by atoms with E-state index in [0.29, 0.717) is 22.1 Å². The van der Waals surface area contributed by atoms with E-state index in [-0.39, 0.29) is 0 Å². The smallest absolute Gasteiger partial charge is 0.133 e. The maximum atomic E-state index is 6.17. The number of hydrogen-bond acceptors (Lipinski definition) is 2. The fourth-order valence-electron chi connectivity index (χ4n) is 1.78. The van der Waals surface area contributed by atoms with Crippen molar-refractivity contribution in [2.75, 3.05) is 0 Å². The van der Waals surface area contributed by atoms with Crippen molar-refractivity contribution in [3.8, 4) is 5.75 Å². The van der Waals surface area contributed by atoms with Gasteiger partial charge in [-0.05, 0) is 25.1 Å². The first kappa shape index (κ1) is 14.7. The number of halogens is 3. The molecule has 0 aliphatic heterocycles. The Morgan fingerprint density at radius 1 is 1.37 bits per heavy atom. The Morgan fingerprint density at radius 3 is 2.68 bits per heavy atom. The topological polar surface area (TPSA) is 27.1 Å². The Hall–Kier alpha value is -0.710. The molecule has 0 atom stereocenters. The van der Waals surface area contributed by atoms with Crippen molar-refractivity contribution in [1.82, 2.24) is 9.78 Å². The minimum absolute atomic E-state index is 0.389. The highest BCUT2D eigenvalue weighted by atomic mass is 79.9.